The third-order valence-electron chi connectivity index (χ3n) is 5.00. The molecular weight excluding hydrogens is 302 g/mol. The number of carbonyl (C=O) groups excluding carboxylic acids is 1. The summed E-state index contributed by atoms with van der Waals surface area (Å²) in [6, 6.07) is 10.7. The molecule has 2 fully saturated rings. The largest absolute Gasteiger partial charge is 0.445 e. The second-order valence-corrected chi connectivity index (χ2v) is 6.90. The van der Waals surface area contributed by atoms with E-state index in [0.717, 1.165) is 44.5 Å². The number of rotatable bonds is 7. The lowest BCUT2D eigenvalue weighted by molar-refractivity contribution is 0.0670. The van der Waals surface area contributed by atoms with Gasteiger partial charge in [-0.15, -0.1) is 0 Å². The maximum absolute atomic E-state index is 12.6. The van der Waals surface area contributed by atoms with Crippen molar-refractivity contribution >= 4 is 6.09 Å². The first-order chi connectivity index (χ1) is 11.8. The summed E-state index contributed by atoms with van der Waals surface area (Å²) in [5, 5.41) is 0. The maximum atomic E-state index is 12.6. The molecule has 1 unspecified atom stereocenters. The van der Waals surface area contributed by atoms with Crippen LogP contribution >= 0.6 is 0 Å². The van der Waals surface area contributed by atoms with Crippen LogP contribution < -0.4 is 5.73 Å². The molecule has 5 nitrogen and oxygen atoms in total. The molecule has 1 saturated heterocycles. The number of nitrogens with two attached hydrogens (primary N) is 1. The molecule has 24 heavy (non-hydrogen) atoms. The molecule has 1 aromatic carbocycles. The topological polar surface area (TPSA) is 58.8 Å². The molecule has 1 atom stereocenters. The number of hydrogen-bond acceptors (Lipinski definition) is 4. The average molecular weight is 331 g/mol. The highest BCUT2D eigenvalue weighted by Gasteiger charge is 2.36. The van der Waals surface area contributed by atoms with Gasteiger partial charge >= 0.3 is 6.09 Å². The Morgan fingerprint density at radius 2 is 2.00 bits per heavy atom. The van der Waals surface area contributed by atoms with Gasteiger partial charge in [-0.25, -0.2) is 4.79 Å². The summed E-state index contributed by atoms with van der Waals surface area (Å²) >= 11 is 0. The number of carbonyl (C=O) groups is 1. The van der Waals surface area contributed by atoms with E-state index in [9.17, 15) is 4.79 Å². The van der Waals surface area contributed by atoms with E-state index in [1.165, 1.54) is 12.8 Å². The molecule has 1 aromatic rings. The van der Waals surface area contributed by atoms with Gasteiger partial charge in [0.2, 0.25) is 0 Å². The van der Waals surface area contributed by atoms with Crippen LogP contribution in [0.3, 0.4) is 0 Å². The smallest absolute Gasteiger partial charge is 0.410 e. The molecule has 1 aliphatic heterocycles. The molecule has 2 N–H and O–H groups in total. The van der Waals surface area contributed by atoms with E-state index in [-0.39, 0.29) is 6.09 Å². The third-order valence-corrected chi connectivity index (χ3v) is 5.00. The Kier molecular flexibility index (Phi) is 6.10. The van der Waals surface area contributed by atoms with Gasteiger partial charge in [-0.05, 0) is 37.8 Å². The Labute approximate surface area is 144 Å². The summed E-state index contributed by atoms with van der Waals surface area (Å²) in [5.41, 5.74) is 6.78. The highest BCUT2D eigenvalue weighted by molar-refractivity contribution is 5.68. The number of hydrogen-bond donors (Lipinski definition) is 1. The average Bonchev–Trinajstić information content (AvgIpc) is 3.45. The number of piperidine rings is 1. The van der Waals surface area contributed by atoms with Crippen LogP contribution in [0.1, 0.15) is 37.7 Å². The summed E-state index contributed by atoms with van der Waals surface area (Å²) in [7, 11) is 0. The summed E-state index contributed by atoms with van der Waals surface area (Å²) in [4.78, 5) is 17.0. The molecule has 132 valence electrons. The zero-order chi connectivity index (χ0) is 16.8. The fourth-order valence-corrected chi connectivity index (χ4v) is 3.52. The Morgan fingerprint density at radius 1 is 1.21 bits per heavy atom. The molecule has 0 spiro atoms. The van der Waals surface area contributed by atoms with Crippen LogP contribution in [0.2, 0.25) is 0 Å². The fourth-order valence-electron chi connectivity index (χ4n) is 3.52. The minimum Gasteiger partial charge on any atom is -0.445 e. The summed E-state index contributed by atoms with van der Waals surface area (Å²) in [5.74, 6) is 0. The number of likely N-dealkylation sites (tertiary alicyclic amines) is 1. The number of ether oxygens (including phenoxy) is 1. The Bertz CT molecular complexity index is 517. The maximum Gasteiger partial charge on any atom is 0.410 e. The van der Waals surface area contributed by atoms with Gasteiger partial charge in [0.1, 0.15) is 6.61 Å². The van der Waals surface area contributed by atoms with Crippen LogP contribution in [0, 0.1) is 0 Å². The van der Waals surface area contributed by atoms with Gasteiger partial charge in [0.25, 0.3) is 0 Å². The fraction of sp³-hybridized carbons (Fsp3) is 0.632. The Balaban J connectivity index is 1.56. The van der Waals surface area contributed by atoms with Crippen LogP contribution in [0.4, 0.5) is 4.79 Å². The second-order valence-electron chi connectivity index (χ2n) is 6.90. The van der Waals surface area contributed by atoms with Gasteiger partial charge in [-0.2, -0.15) is 0 Å². The lowest BCUT2D eigenvalue weighted by Crippen LogP contribution is -2.50. The van der Waals surface area contributed by atoms with Crippen molar-refractivity contribution in [1.29, 1.82) is 0 Å². The van der Waals surface area contributed by atoms with Crippen molar-refractivity contribution in [3.63, 3.8) is 0 Å². The van der Waals surface area contributed by atoms with E-state index in [0.29, 0.717) is 25.2 Å². The molecule has 1 amide bonds. The molecule has 0 aromatic heterocycles. The first-order valence-corrected chi connectivity index (χ1v) is 9.19. The van der Waals surface area contributed by atoms with Crippen LogP contribution in [0.5, 0.6) is 0 Å². The number of nitrogens with zero attached hydrogens (tertiary/aromatic N) is 2. The zero-order valence-electron chi connectivity index (χ0n) is 14.4. The first kappa shape index (κ1) is 17.2. The number of amides is 1. The van der Waals surface area contributed by atoms with Crippen molar-refractivity contribution in [3.8, 4) is 0 Å². The molecule has 1 heterocycles. The van der Waals surface area contributed by atoms with E-state index in [2.05, 4.69) is 4.90 Å². The minimum absolute atomic E-state index is 0.167. The quantitative estimate of drug-likeness (QED) is 0.834. The summed E-state index contributed by atoms with van der Waals surface area (Å²) < 4.78 is 5.57. The molecule has 0 radical (unpaired) electrons. The van der Waals surface area contributed by atoms with E-state index in [1.54, 1.807) is 0 Å². The predicted molar refractivity (Wildman–Crippen MR) is 94.6 cm³/mol. The monoisotopic (exact) mass is 331 g/mol. The Hall–Kier alpha value is -1.59. The van der Waals surface area contributed by atoms with Crippen LogP contribution in [0.15, 0.2) is 30.3 Å². The molecule has 3 rings (SSSR count). The van der Waals surface area contributed by atoms with E-state index in [4.69, 9.17) is 10.5 Å². The highest BCUT2D eigenvalue weighted by atomic mass is 16.6. The van der Waals surface area contributed by atoms with Crippen molar-refractivity contribution < 1.29 is 9.53 Å². The van der Waals surface area contributed by atoms with Crippen LogP contribution in [0.25, 0.3) is 0 Å². The highest BCUT2D eigenvalue weighted by Crippen LogP contribution is 2.29. The molecule has 0 bridgehead atoms. The number of benzene rings is 1. The summed E-state index contributed by atoms with van der Waals surface area (Å²) in [6.45, 7) is 3.82. The molecule has 2 aliphatic rings. The molecule has 5 heteroatoms. The normalized spacial score (nSPS) is 21.5. The van der Waals surface area contributed by atoms with E-state index >= 15 is 0 Å². The summed E-state index contributed by atoms with van der Waals surface area (Å²) in [6.07, 6.45) is 5.66. The van der Waals surface area contributed by atoms with Gasteiger partial charge in [0.15, 0.2) is 0 Å². The molecular formula is C19H29N3O2. The van der Waals surface area contributed by atoms with Gasteiger partial charge in [-0.1, -0.05) is 36.8 Å². The SMILES string of the molecule is NCCN1CCCCC1CN(C(=O)OCc1ccccc1)C1CC1. The Morgan fingerprint density at radius 3 is 2.71 bits per heavy atom. The van der Waals surface area contributed by atoms with Crippen molar-refractivity contribution in [2.45, 2.75) is 50.8 Å². The zero-order valence-corrected chi connectivity index (χ0v) is 14.4. The van der Waals surface area contributed by atoms with Crippen molar-refractivity contribution in [1.82, 2.24) is 9.80 Å². The lowest BCUT2D eigenvalue weighted by atomic mass is 10.0. The molecule has 1 saturated carbocycles. The van der Waals surface area contributed by atoms with Crippen molar-refractivity contribution in [2.24, 2.45) is 5.73 Å². The molecule has 1 aliphatic carbocycles. The lowest BCUT2D eigenvalue weighted by Gasteiger charge is -2.38. The van der Waals surface area contributed by atoms with Gasteiger partial charge in [0, 0.05) is 31.7 Å². The van der Waals surface area contributed by atoms with Crippen LogP contribution in [-0.2, 0) is 11.3 Å². The third kappa shape index (κ3) is 4.71. The standard InChI is InChI=1S/C19H29N3O2/c20-11-13-21-12-5-4-8-18(21)14-22(17-9-10-17)19(23)24-15-16-6-2-1-3-7-16/h1-3,6-7,17-18H,4-5,8-15,20H2. The van der Waals surface area contributed by atoms with Crippen molar-refractivity contribution in [3.05, 3.63) is 35.9 Å². The van der Waals surface area contributed by atoms with Gasteiger partial charge < -0.3 is 15.4 Å². The predicted octanol–water partition coefficient (Wildman–Crippen LogP) is 2.60. The van der Waals surface area contributed by atoms with Gasteiger partial charge in [-0.3, -0.25) is 4.90 Å². The van der Waals surface area contributed by atoms with Crippen LogP contribution in [-0.4, -0.2) is 54.2 Å². The van der Waals surface area contributed by atoms with E-state index in [1.807, 2.05) is 35.2 Å². The minimum atomic E-state index is -0.167. The van der Waals surface area contributed by atoms with E-state index < -0.39 is 0 Å². The van der Waals surface area contributed by atoms with Gasteiger partial charge in [0.05, 0.1) is 0 Å². The first-order valence-electron chi connectivity index (χ1n) is 9.19. The van der Waals surface area contributed by atoms with Crippen molar-refractivity contribution in [2.75, 3.05) is 26.2 Å². The second kappa shape index (κ2) is 8.49.